The Hall–Kier alpha value is -1.78. The van der Waals surface area contributed by atoms with Crippen molar-refractivity contribution < 1.29 is 19.1 Å². The number of hydrogen-bond acceptors (Lipinski definition) is 3. The molecular weight excluding hydrogens is 198 g/mol. The van der Waals surface area contributed by atoms with E-state index in [9.17, 15) is 9.59 Å². The maximum absolute atomic E-state index is 11.5. The van der Waals surface area contributed by atoms with Gasteiger partial charge in [-0.05, 0) is 26.8 Å². The zero-order valence-electron chi connectivity index (χ0n) is 8.83. The van der Waals surface area contributed by atoms with Gasteiger partial charge in [0.2, 0.25) is 0 Å². The highest BCUT2D eigenvalue weighted by Crippen LogP contribution is 2.13. The number of aliphatic carboxylic acids is 1. The van der Waals surface area contributed by atoms with Crippen molar-refractivity contribution in [3.8, 4) is 0 Å². The minimum absolute atomic E-state index is 0.167. The number of carboxylic acids is 1. The summed E-state index contributed by atoms with van der Waals surface area (Å²) in [6, 6.07) is 0.794. The molecule has 0 saturated carbocycles. The summed E-state index contributed by atoms with van der Waals surface area (Å²) in [5, 5.41) is 10.9. The molecule has 5 heteroatoms. The zero-order chi connectivity index (χ0) is 11.6. The molecule has 0 aromatic carbocycles. The van der Waals surface area contributed by atoms with Crippen LogP contribution in [0.15, 0.2) is 10.5 Å². The summed E-state index contributed by atoms with van der Waals surface area (Å²) < 4.78 is 5.15. The average Bonchev–Trinajstić information content (AvgIpc) is 2.44. The summed E-state index contributed by atoms with van der Waals surface area (Å²) in [6.45, 7) is 4.85. The largest absolute Gasteiger partial charge is 0.480 e. The summed E-state index contributed by atoms with van der Waals surface area (Å²) in [5.74, 6) is -0.791. The van der Waals surface area contributed by atoms with Gasteiger partial charge in [-0.15, -0.1) is 0 Å². The fraction of sp³-hybridized carbons (Fsp3) is 0.400. The normalized spacial score (nSPS) is 12.2. The van der Waals surface area contributed by atoms with Gasteiger partial charge in [0.1, 0.15) is 11.8 Å². The lowest BCUT2D eigenvalue weighted by Gasteiger charge is -2.07. The second-order valence-corrected chi connectivity index (χ2v) is 3.40. The SMILES string of the molecule is Cc1cc(C)c(C(=O)N[C@H](C)C(=O)O)o1. The quantitative estimate of drug-likeness (QED) is 0.784. The number of carbonyl (C=O) groups is 2. The zero-order valence-corrected chi connectivity index (χ0v) is 8.83. The lowest BCUT2D eigenvalue weighted by molar-refractivity contribution is -0.138. The summed E-state index contributed by atoms with van der Waals surface area (Å²) in [4.78, 5) is 22.0. The molecule has 1 aromatic rings. The average molecular weight is 211 g/mol. The Bertz CT molecular complexity index is 394. The molecule has 1 aromatic heterocycles. The third-order valence-electron chi connectivity index (χ3n) is 1.97. The number of nitrogens with one attached hydrogen (secondary N) is 1. The van der Waals surface area contributed by atoms with Crippen LogP contribution in [0.5, 0.6) is 0 Å². The molecule has 0 aliphatic heterocycles. The molecule has 0 unspecified atom stereocenters. The molecule has 2 N–H and O–H groups in total. The molecule has 15 heavy (non-hydrogen) atoms. The first-order valence-electron chi connectivity index (χ1n) is 4.52. The van der Waals surface area contributed by atoms with E-state index in [1.54, 1.807) is 19.9 Å². The molecule has 0 bridgehead atoms. The lowest BCUT2D eigenvalue weighted by atomic mass is 10.2. The molecule has 1 heterocycles. The lowest BCUT2D eigenvalue weighted by Crippen LogP contribution is -2.38. The first-order chi connectivity index (χ1) is 6.91. The van der Waals surface area contributed by atoms with Crippen molar-refractivity contribution in [3.63, 3.8) is 0 Å². The van der Waals surface area contributed by atoms with Crippen molar-refractivity contribution in [3.05, 3.63) is 23.2 Å². The molecule has 5 nitrogen and oxygen atoms in total. The van der Waals surface area contributed by atoms with Crippen LogP contribution in [0.25, 0.3) is 0 Å². The van der Waals surface area contributed by atoms with Crippen molar-refractivity contribution in [2.75, 3.05) is 0 Å². The van der Waals surface area contributed by atoms with Crippen LogP contribution in [0.3, 0.4) is 0 Å². The van der Waals surface area contributed by atoms with Crippen LogP contribution >= 0.6 is 0 Å². The van der Waals surface area contributed by atoms with Gasteiger partial charge in [0.05, 0.1) is 0 Å². The van der Waals surface area contributed by atoms with Crippen LogP contribution in [-0.4, -0.2) is 23.0 Å². The number of hydrogen-bond donors (Lipinski definition) is 2. The van der Waals surface area contributed by atoms with Crippen LogP contribution in [0, 0.1) is 13.8 Å². The van der Waals surface area contributed by atoms with Gasteiger partial charge in [-0.1, -0.05) is 0 Å². The van der Waals surface area contributed by atoms with E-state index >= 15 is 0 Å². The molecule has 0 fully saturated rings. The third kappa shape index (κ3) is 2.59. The smallest absolute Gasteiger partial charge is 0.325 e. The number of carboxylic acid groups (broad SMARTS) is 1. The molecule has 1 rings (SSSR count). The summed E-state index contributed by atoms with van der Waals surface area (Å²) >= 11 is 0. The summed E-state index contributed by atoms with van der Waals surface area (Å²) in [5.41, 5.74) is 0.697. The Morgan fingerprint density at radius 3 is 2.47 bits per heavy atom. The van der Waals surface area contributed by atoms with Crippen molar-refractivity contribution in [2.24, 2.45) is 0 Å². The molecular formula is C10H13NO4. The molecule has 1 atom stereocenters. The predicted molar refractivity (Wildman–Crippen MR) is 52.7 cm³/mol. The van der Waals surface area contributed by atoms with Crippen LogP contribution in [0.4, 0.5) is 0 Å². The minimum atomic E-state index is -1.08. The summed E-state index contributed by atoms with van der Waals surface area (Å²) in [7, 11) is 0. The van der Waals surface area contributed by atoms with E-state index in [2.05, 4.69) is 5.32 Å². The van der Waals surface area contributed by atoms with Crippen molar-refractivity contribution in [2.45, 2.75) is 26.8 Å². The highest BCUT2D eigenvalue weighted by Gasteiger charge is 2.19. The van der Waals surface area contributed by atoms with Crippen LogP contribution in [0.1, 0.15) is 28.8 Å². The van der Waals surface area contributed by atoms with Crippen LogP contribution in [0.2, 0.25) is 0 Å². The van der Waals surface area contributed by atoms with Gasteiger partial charge in [0.15, 0.2) is 5.76 Å². The number of carbonyl (C=O) groups excluding carboxylic acids is 1. The Morgan fingerprint density at radius 1 is 1.47 bits per heavy atom. The van der Waals surface area contributed by atoms with Gasteiger partial charge >= 0.3 is 5.97 Å². The van der Waals surface area contributed by atoms with E-state index in [-0.39, 0.29) is 5.76 Å². The number of furan rings is 1. The van der Waals surface area contributed by atoms with E-state index in [0.717, 1.165) is 0 Å². The molecule has 0 aliphatic carbocycles. The van der Waals surface area contributed by atoms with Crippen molar-refractivity contribution in [1.29, 1.82) is 0 Å². The molecule has 0 saturated heterocycles. The maximum atomic E-state index is 11.5. The fourth-order valence-corrected chi connectivity index (χ4v) is 1.19. The van der Waals surface area contributed by atoms with E-state index in [0.29, 0.717) is 11.3 Å². The second-order valence-electron chi connectivity index (χ2n) is 3.40. The fourth-order valence-electron chi connectivity index (χ4n) is 1.19. The highest BCUT2D eigenvalue weighted by molar-refractivity contribution is 5.95. The van der Waals surface area contributed by atoms with Gasteiger partial charge in [-0.25, -0.2) is 0 Å². The Morgan fingerprint density at radius 2 is 2.07 bits per heavy atom. The third-order valence-corrected chi connectivity index (χ3v) is 1.97. The van der Waals surface area contributed by atoms with Gasteiger partial charge < -0.3 is 14.8 Å². The van der Waals surface area contributed by atoms with Gasteiger partial charge in [-0.2, -0.15) is 0 Å². The molecule has 0 radical (unpaired) electrons. The topological polar surface area (TPSA) is 79.5 Å². The van der Waals surface area contributed by atoms with E-state index in [1.807, 2.05) is 0 Å². The second kappa shape index (κ2) is 4.16. The standard InChI is InChI=1S/C10H13NO4/c1-5-4-6(2)15-8(5)9(12)11-7(3)10(13)14/h4,7H,1-3H3,(H,11,12)(H,13,14)/t7-/m1/s1. The van der Waals surface area contributed by atoms with Gasteiger partial charge in [0, 0.05) is 5.56 Å². The minimum Gasteiger partial charge on any atom is -0.480 e. The van der Waals surface area contributed by atoms with Crippen LogP contribution < -0.4 is 5.32 Å². The number of amides is 1. The monoisotopic (exact) mass is 211 g/mol. The Labute approximate surface area is 87.1 Å². The van der Waals surface area contributed by atoms with Crippen molar-refractivity contribution in [1.82, 2.24) is 5.32 Å². The number of rotatable bonds is 3. The van der Waals surface area contributed by atoms with Crippen LogP contribution in [-0.2, 0) is 4.79 Å². The van der Waals surface area contributed by atoms with E-state index in [4.69, 9.17) is 9.52 Å². The van der Waals surface area contributed by atoms with Gasteiger partial charge in [-0.3, -0.25) is 9.59 Å². The summed E-state index contributed by atoms with van der Waals surface area (Å²) in [6.07, 6.45) is 0. The highest BCUT2D eigenvalue weighted by atomic mass is 16.4. The van der Waals surface area contributed by atoms with Crippen molar-refractivity contribution >= 4 is 11.9 Å². The van der Waals surface area contributed by atoms with Gasteiger partial charge in [0.25, 0.3) is 5.91 Å². The Kier molecular flexibility index (Phi) is 3.14. The molecule has 0 aliphatic rings. The first kappa shape index (κ1) is 11.3. The Balaban J connectivity index is 2.77. The van der Waals surface area contributed by atoms with E-state index in [1.165, 1.54) is 6.92 Å². The molecule has 0 spiro atoms. The first-order valence-corrected chi connectivity index (χ1v) is 4.52. The number of aryl methyl sites for hydroxylation is 2. The molecule has 1 amide bonds. The predicted octanol–water partition coefficient (Wildman–Crippen LogP) is 1.10. The maximum Gasteiger partial charge on any atom is 0.325 e. The molecule has 82 valence electrons. The van der Waals surface area contributed by atoms with E-state index < -0.39 is 17.9 Å².